The number of carboxylic acids is 1. The van der Waals surface area contributed by atoms with E-state index in [2.05, 4.69) is 0 Å². The van der Waals surface area contributed by atoms with Gasteiger partial charge in [-0.25, -0.2) is 13.2 Å². The SMILES string of the molecule is COCC(C)Oc1cc(Oc2ccc(S(=O)(=O)C3CC3)cc2)cc(C(=O)O)c1. The zero-order valence-corrected chi connectivity index (χ0v) is 16.4. The highest BCUT2D eigenvalue weighted by Gasteiger charge is 2.36. The molecule has 0 spiro atoms. The zero-order valence-electron chi connectivity index (χ0n) is 15.6. The maximum absolute atomic E-state index is 12.3. The first-order valence-corrected chi connectivity index (χ1v) is 10.4. The molecular weight excluding hydrogens is 384 g/mol. The summed E-state index contributed by atoms with van der Waals surface area (Å²) in [7, 11) is -1.71. The van der Waals surface area contributed by atoms with E-state index in [1.54, 1.807) is 32.2 Å². The number of methoxy groups -OCH3 is 1. The third-order valence-electron chi connectivity index (χ3n) is 4.22. The second-order valence-electron chi connectivity index (χ2n) is 6.70. The predicted octanol–water partition coefficient (Wildman–Crippen LogP) is 3.53. The first kappa shape index (κ1) is 20.2. The molecule has 7 nitrogen and oxygen atoms in total. The van der Waals surface area contributed by atoms with Gasteiger partial charge in [0.2, 0.25) is 0 Å². The van der Waals surface area contributed by atoms with Crippen LogP contribution < -0.4 is 9.47 Å². The van der Waals surface area contributed by atoms with Gasteiger partial charge < -0.3 is 19.3 Å². The van der Waals surface area contributed by atoms with Crippen molar-refractivity contribution in [3.63, 3.8) is 0 Å². The Hall–Kier alpha value is -2.58. The lowest BCUT2D eigenvalue weighted by atomic mass is 10.2. The second kappa shape index (κ2) is 8.20. The largest absolute Gasteiger partial charge is 0.488 e. The Kier molecular flexibility index (Phi) is 5.90. The molecule has 0 aliphatic heterocycles. The minimum Gasteiger partial charge on any atom is -0.488 e. The molecule has 0 bridgehead atoms. The molecule has 3 rings (SSSR count). The van der Waals surface area contributed by atoms with Gasteiger partial charge in [-0.15, -0.1) is 0 Å². The number of hydrogen-bond donors (Lipinski definition) is 1. The van der Waals surface area contributed by atoms with Crippen molar-refractivity contribution in [1.29, 1.82) is 0 Å². The molecule has 2 aromatic carbocycles. The zero-order chi connectivity index (χ0) is 20.3. The van der Waals surface area contributed by atoms with Crippen LogP contribution in [0.1, 0.15) is 30.1 Å². The Morgan fingerprint density at radius 1 is 1.11 bits per heavy atom. The Bertz CT molecular complexity index is 947. The summed E-state index contributed by atoms with van der Waals surface area (Å²) in [5, 5.41) is 9.04. The van der Waals surface area contributed by atoms with E-state index in [0.29, 0.717) is 30.9 Å². The molecule has 8 heteroatoms. The molecule has 0 aromatic heterocycles. The minimum absolute atomic E-state index is 0.0186. The summed E-state index contributed by atoms with van der Waals surface area (Å²) < 4.78 is 40.9. The van der Waals surface area contributed by atoms with E-state index in [1.165, 1.54) is 24.3 Å². The Balaban J connectivity index is 1.80. The van der Waals surface area contributed by atoms with E-state index in [9.17, 15) is 18.3 Å². The first-order chi connectivity index (χ1) is 13.3. The van der Waals surface area contributed by atoms with Crippen LogP contribution in [0.25, 0.3) is 0 Å². The van der Waals surface area contributed by atoms with Gasteiger partial charge in [-0.2, -0.15) is 0 Å². The fourth-order valence-electron chi connectivity index (χ4n) is 2.73. The molecule has 1 fully saturated rings. The fraction of sp³-hybridized carbons (Fsp3) is 0.350. The van der Waals surface area contributed by atoms with Crippen molar-refractivity contribution in [1.82, 2.24) is 0 Å². The van der Waals surface area contributed by atoms with Crippen LogP contribution in [0.2, 0.25) is 0 Å². The Morgan fingerprint density at radius 2 is 1.75 bits per heavy atom. The Morgan fingerprint density at radius 3 is 2.32 bits per heavy atom. The molecule has 1 aliphatic rings. The van der Waals surface area contributed by atoms with Crippen molar-refractivity contribution < 1.29 is 32.5 Å². The third-order valence-corrected chi connectivity index (χ3v) is 6.50. The summed E-state index contributed by atoms with van der Waals surface area (Å²) in [4.78, 5) is 11.7. The van der Waals surface area contributed by atoms with Crippen LogP contribution in [0.5, 0.6) is 17.2 Å². The lowest BCUT2D eigenvalue weighted by Crippen LogP contribution is -2.18. The molecule has 28 heavy (non-hydrogen) atoms. The standard InChI is InChI=1S/C20H22O7S/c1-13(12-25-2)26-16-9-14(20(21)22)10-17(11-16)27-15-3-5-18(6-4-15)28(23,24)19-7-8-19/h3-6,9-11,13,19H,7-8,12H2,1-2H3,(H,21,22). The minimum atomic E-state index is -3.26. The van der Waals surface area contributed by atoms with Gasteiger partial charge in [0, 0.05) is 13.2 Å². The molecule has 0 heterocycles. The molecule has 1 N–H and O–H groups in total. The first-order valence-electron chi connectivity index (χ1n) is 8.85. The third kappa shape index (κ3) is 4.82. The van der Waals surface area contributed by atoms with E-state index >= 15 is 0 Å². The topological polar surface area (TPSA) is 99.1 Å². The summed E-state index contributed by atoms with van der Waals surface area (Å²) in [6.45, 7) is 2.15. The van der Waals surface area contributed by atoms with Crippen molar-refractivity contribution in [3.8, 4) is 17.2 Å². The van der Waals surface area contributed by atoms with Crippen LogP contribution in [-0.4, -0.2) is 44.6 Å². The van der Waals surface area contributed by atoms with Crippen molar-refractivity contribution >= 4 is 15.8 Å². The molecule has 1 aliphatic carbocycles. The van der Waals surface area contributed by atoms with Gasteiger partial charge in [0.15, 0.2) is 9.84 Å². The van der Waals surface area contributed by atoms with E-state index in [0.717, 1.165) is 0 Å². The summed E-state index contributed by atoms with van der Waals surface area (Å²) in [5.41, 5.74) is 0.0186. The highest BCUT2D eigenvalue weighted by molar-refractivity contribution is 7.92. The van der Waals surface area contributed by atoms with Crippen molar-refractivity contribution in [2.75, 3.05) is 13.7 Å². The van der Waals surface area contributed by atoms with Crippen molar-refractivity contribution in [2.24, 2.45) is 0 Å². The van der Waals surface area contributed by atoms with E-state index < -0.39 is 15.8 Å². The van der Waals surface area contributed by atoms with Crippen LogP contribution in [-0.2, 0) is 14.6 Å². The number of carbonyl (C=O) groups is 1. The predicted molar refractivity (Wildman–Crippen MR) is 102 cm³/mol. The van der Waals surface area contributed by atoms with Crippen LogP contribution in [0.3, 0.4) is 0 Å². The fourth-order valence-corrected chi connectivity index (χ4v) is 4.38. The summed E-state index contributed by atoms with van der Waals surface area (Å²) in [6, 6.07) is 10.5. The summed E-state index contributed by atoms with van der Waals surface area (Å²) in [6.07, 6.45) is 1.13. The molecule has 0 amide bonds. The molecular formula is C20H22O7S. The van der Waals surface area contributed by atoms with Gasteiger partial charge in [0.05, 0.1) is 22.3 Å². The van der Waals surface area contributed by atoms with Gasteiger partial charge in [0.25, 0.3) is 0 Å². The van der Waals surface area contributed by atoms with Gasteiger partial charge in [-0.05, 0) is 56.2 Å². The molecule has 1 saturated carbocycles. The van der Waals surface area contributed by atoms with Crippen LogP contribution in [0, 0.1) is 0 Å². The average Bonchev–Trinajstić information content (AvgIpc) is 3.48. The van der Waals surface area contributed by atoms with Gasteiger partial charge in [0.1, 0.15) is 23.4 Å². The second-order valence-corrected chi connectivity index (χ2v) is 8.93. The number of rotatable bonds is 9. The lowest BCUT2D eigenvalue weighted by molar-refractivity contribution is 0.0693. The van der Waals surface area contributed by atoms with Gasteiger partial charge in [-0.1, -0.05) is 0 Å². The van der Waals surface area contributed by atoms with Crippen LogP contribution >= 0.6 is 0 Å². The molecule has 1 unspecified atom stereocenters. The Labute approximate surface area is 163 Å². The summed E-state index contributed by atoms with van der Waals surface area (Å²) >= 11 is 0. The maximum Gasteiger partial charge on any atom is 0.335 e. The molecule has 0 saturated heterocycles. The smallest absolute Gasteiger partial charge is 0.335 e. The monoisotopic (exact) mass is 406 g/mol. The highest BCUT2D eigenvalue weighted by atomic mass is 32.2. The van der Waals surface area contributed by atoms with Crippen molar-refractivity contribution in [3.05, 3.63) is 48.0 Å². The maximum atomic E-state index is 12.3. The van der Waals surface area contributed by atoms with Gasteiger partial charge >= 0.3 is 5.97 Å². The number of sulfone groups is 1. The van der Waals surface area contributed by atoms with Crippen LogP contribution in [0.15, 0.2) is 47.4 Å². The average molecular weight is 406 g/mol. The lowest BCUT2D eigenvalue weighted by Gasteiger charge is -2.15. The number of aromatic carboxylic acids is 1. The quantitative estimate of drug-likeness (QED) is 0.680. The number of ether oxygens (including phenoxy) is 3. The van der Waals surface area contributed by atoms with E-state index in [1.807, 2.05) is 0 Å². The number of hydrogen-bond acceptors (Lipinski definition) is 6. The molecule has 150 valence electrons. The van der Waals surface area contributed by atoms with Crippen LogP contribution in [0.4, 0.5) is 0 Å². The molecule has 2 aromatic rings. The van der Waals surface area contributed by atoms with Crippen molar-refractivity contribution in [2.45, 2.75) is 36.0 Å². The van der Waals surface area contributed by atoms with Gasteiger partial charge in [-0.3, -0.25) is 0 Å². The number of carboxylic acid groups (broad SMARTS) is 1. The molecule has 0 radical (unpaired) electrons. The highest BCUT2D eigenvalue weighted by Crippen LogP contribution is 2.34. The molecule has 1 atom stereocenters. The van der Waals surface area contributed by atoms with E-state index in [4.69, 9.17) is 14.2 Å². The number of benzene rings is 2. The normalized spacial score (nSPS) is 15.1. The summed E-state index contributed by atoms with van der Waals surface area (Å²) in [5.74, 6) is -0.0987. The van der Waals surface area contributed by atoms with E-state index in [-0.39, 0.29) is 27.6 Å².